The van der Waals surface area contributed by atoms with E-state index in [-0.39, 0.29) is 11.6 Å². The van der Waals surface area contributed by atoms with Gasteiger partial charge in [0, 0.05) is 12.6 Å². The third kappa shape index (κ3) is 4.07. The number of nitrogens with two attached hydrogens (primary N) is 1. The van der Waals surface area contributed by atoms with Crippen molar-refractivity contribution in [1.29, 1.82) is 0 Å². The van der Waals surface area contributed by atoms with Crippen LogP contribution in [0.3, 0.4) is 0 Å². The number of hydrogen-bond acceptors (Lipinski definition) is 6. The van der Waals surface area contributed by atoms with Gasteiger partial charge in [-0.3, -0.25) is 0 Å². The van der Waals surface area contributed by atoms with Crippen LogP contribution in [0.4, 0.5) is 11.5 Å². The molecular formula is C15H23N3O3. The van der Waals surface area contributed by atoms with E-state index in [1.807, 2.05) is 0 Å². The van der Waals surface area contributed by atoms with Crippen LogP contribution in [0.15, 0.2) is 12.3 Å². The van der Waals surface area contributed by atoms with Gasteiger partial charge in [-0.05, 0) is 39.7 Å². The lowest BCUT2D eigenvalue weighted by Gasteiger charge is -2.36. The fraction of sp³-hybridized carbons (Fsp3) is 0.600. The van der Waals surface area contributed by atoms with Crippen molar-refractivity contribution in [3.63, 3.8) is 0 Å². The van der Waals surface area contributed by atoms with E-state index >= 15 is 0 Å². The molecule has 0 radical (unpaired) electrons. The highest BCUT2D eigenvalue weighted by molar-refractivity contribution is 5.95. The Morgan fingerprint density at radius 3 is 3.05 bits per heavy atom. The van der Waals surface area contributed by atoms with Crippen LogP contribution in [0.25, 0.3) is 0 Å². The first-order valence-corrected chi connectivity index (χ1v) is 7.24. The molecule has 1 aliphatic rings. The van der Waals surface area contributed by atoms with Gasteiger partial charge in [-0.1, -0.05) is 0 Å². The quantitative estimate of drug-likeness (QED) is 0.828. The number of aromatic nitrogens is 1. The number of anilines is 2. The van der Waals surface area contributed by atoms with Crippen LogP contribution in [0, 0.1) is 0 Å². The summed E-state index contributed by atoms with van der Waals surface area (Å²) in [6, 6.07) is 1.91. The average molecular weight is 293 g/mol. The summed E-state index contributed by atoms with van der Waals surface area (Å²) in [4.78, 5) is 16.1. The predicted octanol–water partition coefficient (Wildman–Crippen LogP) is 2.21. The molecule has 3 N–H and O–H groups in total. The topological polar surface area (TPSA) is 86.5 Å². The standard InChI is InChI=1S/C15H23N3O3/c1-4-20-14(19)11-7-13(17-9-12(11)16)18-10-5-6-21-15(2,3)8-10/h7,9-10H,4-6,8,16H2,1-3H3,(H,17,18). The van der Waals surface area contributed by atoms with Crippen molar-refractivity contribution in [3.05, 3.63) is 17.8 Å². The summed E-state index contributed by atoms with van der Waals surface area (Å²) in [7, 11) is 0. The second-order valence-corrected chi connectivity index (χ2v) is 5.82. The van der Waals surface area contributed by atoms with Gasteiger partial charge >= 0.3 is 5.97 Å². The van der Waals surface area contributed by atoms with E-state index in [4.69, 9.17) is 15.2 Å². The zero-order valence-corrected chi connectivity index (χ0v) is 12.8. The zero-order valence-electron chi connectivity index (χ0n) is 12.8. The van der Waals surface area contributed by atoms with Gasteiger partial charge in [-0.2, -0.15) is 0 Å². The number of carbonyl (C=O) groups is 1. The molecular weight excluding hydrogens is 270 g/mol. The molecule has 0 amide bonds. The minimum absolute atomic E-state index is 0.145. The van der Waals surface area contributed by atoms with E-state index in [1.165, 1.54) is 6.20 Å². The fourth-order valence-electron chi connectivity index (χ4n) is 2.49. The molecule has 1 aliphatic heterocycles. The molecule has 1 aromatic rings. The molecule has 0 bridgehead atoms. The zero-order chi connectivity index (χ0) is 15.5. The van der Waals surface area contributed by atoms with Crippen molar-refractivity contribution in [2.45, 2.75) is 45.3 Å². The Labute approximate surface area is 125 Å². The van der Waals surface area contributed by atoms with E-state index in [0.29, 0.717) is 30.3 Å². The third-order valence-electron chi connectivity index (χ3n) is 3.48. The van der Waals surface area contributed by atoms with Crippen molar-refractivity contribution < 1.29 is 14.3 Å². The largest absolute Gasteiger partial charge is 0.462 e. The maximum Gasteiger partial charge on any atom is 0.340 e. The number of rotatable bonds is 4. The van der Waals surface area contributed by atoms with E-state index in [1.54, 1.807) is 13.0 Å². The minimum Gasteiger partial charge on any atom is -0.462 e. The van der Waals surface area contributed by atoms with Crippen molar-refractivity contribution in [2.24, 2.45) is 0 Å². The van der Waals surface area contributed by atoms with Gasteiger partial charge in [0.15, 0.2) is 0 Å². The highest BCUT2D eigenvalue weighted by Gasteiger charge is 2.29. The third-order valence-corrected chi connectivity index (χ3v) is 3.48. The number of pyridine rings is 1. The van der Waals surface area contributed by atoms with Gasteiger partial charge in [-0.25, -0.2) is 9.78 Å². The number of carbonyl (C=O) groups excluding carboxylic acids is 1. The first-order valence-electron chi connectivity index (χ1n) is 7.24. The number of nitrogen functional groups attached to an aromatic ring is 1. The normalized spacial score (nSPS) is 20.8. The Morgan fingerprint density at radius 1 is 1.62 bits per heavy atom. The molecule has 0 spiro atoms. The molecule has 0 aromatic carbocycles. The van der Waals surface area contributed by atoms with Crippen LogP contribution in [-0.4, -0.2) is 35.8 Å². The second kappa shape index (κ2) is 6.30. The fourth-order valence-corrected chi connectivity index (χ4v) is 2.49. The highest BCUT2D eigenvalue weighted by Crippen LogP contribution is 2.26. The number of nitrogens with zero attached hydrogens (tertiary/aromatic N) is 1. The summed E-state index contributed by atoms with van der Waals surface area (Å²) in [6.07, 6.45) is 3.27. The maximum absolute atomic E-state index is 11.8. The number of nitrogens with one attached hydrogen (secondary N) is 1. The summed E-state index contributed by atoms with van der Waals surface area (Å²) in [6.45, 7) is 6.93. The first kappa shape index (κ1) is 15.6. The minimum atomic E-state index is -0.423. The maximum atomic E-state index is 11.8. The predicted molar refractivity (Wildman–Crippen MR) is 81.3 cm³/mol. The molecule has 1 saturated heterocycles. The summed E-state index contributed by atoms with van der Waals surface area (Å²) < 4.78 is 10.7. The Balaban J connectivity index is 2.10. The number of ether oxygens (including phenoxy) is 2. The second-order valence-electron chi connectivity index (χ2n) is 5.82. The van der Waals surface area contributed by atoms with Gasteiger partial charge in [0.05, 0.1) is 29.7 Å². The molecule has 0 saturated carbocycles. The molecule has 2 heterocycles. The molecule has 2 rings (SSSR count). The Bertz CT molecular complexity index is 517. The Hall–Kier alpha value is -1.82. The molecule has 6 heteroatoms. The van der Waals surface area contributed by atoms with Gasteiger partial charge < -0.3 is 20.5 Å². The molecule has 1 aromatic heterocycles. The summed E-state index contributed by atoms with van der Waals surface area (Å²) in [5.74, 6) is 0.211. The monoisotopic (exact) mass is 293 g/mol. The van der Waals surface area contributed by atoms with Crippen molar-refractivity contribution in [3.8, 4) is 0 Å². The average Bonchev–Trinajstić information content (AvgIpc) is 2.40. The van der Waals surface area contributed by atoms with E-state index < -0.39 is 5.97 Å². The molecule has 6 nitrogen and oxygen atoms in total. The van der Waals surface area contributed by atoms with Crippen LogP contribution in [0.2, 0.25) is 0 Å². The first-order chi connectivity index (χ1) is 9.91. The summed E-state index contributed by atoms with van der Waals surface area (Å²) in [5, 5.41) is 3.35. The van der Waals surface area contributed by atoms with Gasteiger partial charge in [0.1, 0.15) is 5.82 Å². The lowest BCUT2D eigenvalue weighted by molar-refractivity contribution is -0.0553. The summed E-state index contributed by atoms with van der Waals surface area (Å²) in [5.41, 5.74) is 6.31. The molecule has 21 heavy (non-hydrogen) atoms. The van der Waals surface area contributed by atoms with E-state index in [0.717, 1.165) is 12.8 Å². The highest BCUT2D eigenvalue weighted by atomic mass is 16.5. The van der Waals surface area contributed by atoms with Crippen molar-refractivity contribution in [2.75, 3.05) is 24.3 Å². The molecule has 116 valence electrons. The van der Waals surface area contributed by atoms with Crippen LogP contribution in [0.5, 0.6) is 0 Å². The van der Waals surface area contributed by atoms with Crippen LogP contribution in [0.1, 0.15) is 44.0 Å². The number of hydrogen-bond donors (Lipinski definition) is 2. The summed E-state index contributed by atoms with van der Waals surface area (Å²) >= 11 is 0. The molecule has 1 unspecified atom stereocenters. The van der Waals surface area contributed by atoms with Crippen LogP contribution < -0.4 is 11.1 Å². The van der Waals surface area contributed by atoms with E-state index in [2.05, 4.69) is 24.1 Å². The molecule has 1 fully saturated rings. The molecule has 0 aliphatic carbocycles. The van der Waals surface area contributed by atoms with Crippen molar-refractivity contribution in [1.82, 2.24) is 4.98 Å². The SMILES string of the molecule is CCOC(=O)c1cc(NC2CCOC(C)(C)C2)ncc1N. The van der Waals surface area contributed by atoms with Crippen LogP contribution in [-0.2, 0) is 9.47 Å². The smallest absolute Gasteiger partial charge is 0.340 e. The van der Waals surface area contributed by atoms with Crippen molar-refractivity contribution >= 4 is 17.5 Å². The van der Waals surface area contributed by atoms with Crippen LogP contribution >= 0.6 is 0 Å². The van der Waals surface area contributed by atoms with E-state index in [9.17, 15) is 4.79 Å². The molecule has 1 atom stereocenters. The Kier molecular flexibility index (Phi) is 4.67. The lowest BCUT2D eigenvalue weighted by Crippen LogP contribution is -2.40. The number of esters is 1. The Morgan fingerprint density at radius 2 is 2.38 bits per heavy atom. The van der Waals surface area contributed by atoms with Gasteiger partial charge in [0.25, 0.3) is 0 Å². The van der Waals surface area contributed by atoms with Gasteiger partial charge in [0.2, 0.25) is 0 Å². The lowest BCUT2D eigenvalue weighted by atomic mass is 9.94. The van der Waals surface area contributed by atoms with Gasteiger partial charge in [-0.15, -0.1) is 0 Å².